The Labute approximate surface area is 125 Å². The number of sulfone groups is 1. The van der Waals surface area contributed by atoms with E-state index in [-0.39, 0.29) is 35.2 Å². The Kier molecular flexibility index (Phi) is 5.24. The summed E-state index contributed by atoms with van der Waals surface area (Å²) < 4.78 is 27.8. The van der Waals surface area contributed by atoms with Crippen LogP contribution in [0.5, 0.6) is 0 Å². The van der Waals surface area contributed by atoms with E-state index in [1.807, 2.05) is 0 Å². The molecule has 0 aliphatic carbocycles. The van der Waals surface area contributed by atoms with Crippen LogP contribution in [0.2, 0.25) is 0 Å². The van der Waals surface area contributed by atoms with Gasteiger partial charge in [0.1, 0.15) is 0 Å². The molecule has 2 rings (SSSR count). The van der Waals surface area contributed by atoms with Gasteiger partial charge in [-0.05, 0) is 32.1 Å². The van der Waals surface area contributed by atoms with Crippen molar-refractivity contribution in [1.82, 2.24) is 4.90 Å². The highest BCUT2D eigenvalue weighted by Crippen LogP contribution is 2.24. The van der Waals surface area contributed by atoms with E-state index in [0.717, 1.165) is 0 Å². The number of esters is 1. The predicted octanol–water partition coefficient (Wildman–Crippen LogP) is 0.613. The van der Waals surface area contributed by atoms with E-state index < -0.39 is 9.84 Å². The summed E-state index contributed by atoms with van der Waals surface area (Å²) >= 11 is 0. The lowest BCUT2D eigenvalue weighted by Crippen LogP contribution is -2.41. The molecule has 2 aliphatic heterocycles. The smallest absolute Gasteiger partial charge is 0.309 e. The quantitative estimate of drug-likeness (QED) is 0.710. The Balaban J connectivity index is 1.77. The summed E-state index contributed by atoms with van der Waals surface area (Å²) in [5.41, 5.74) is 0. The molecule has 1 unspecified atom stereocenters. The number of nitrogens with zero attached hydrogens (tertiary/aromatic N) is 1. The molecular formula is C14H23NO5S. The van der Waals surface area contributed by atoms with Gasteiger partial charge in [0.15, 0.2) is 9.84 Å². The fraction of sp³-hybridized carbons (Fsp3) is 0.857. The van der Waals surface area contributed by atoms with Crippen molar-refractivity contribution in [2.24, 2.45) is 11.8 Å². The molecule has 0 aromatic heterocycles. The molecule has 2 saturated heterocycles. The summed E-state index contributed by atoms with van der Waals surface area (Å²) in [7, 11) is -2.93. The summed E-state index contributed by atoms with van der Waals surface area (Å²) in [6.07, 6.45) is 2.16. The van der Waals surface area contributed by atoms with Crippen molar-refractivity contribution in [1.29, 1.82) is 0 Å². The summed E-state index contributed by atoms with van der Waals surface area (Å²) in [5.74, 6) is 0.0329. The van der Waals surface area contributed by atoms with Gasteiger partial charge in [-0.3, -0.25) is 9.59 Å². The highest BCUT2D eigenvalue weighted by atomic mass is 32.2. The fourth-order valence-corrected chi connectivity index (χ4v) is 4.90. The highest BCUT2D eigenvalue weighted by molar-refractivity contribution is 7.91. The second kappa shape index (κ2) is 6.77. The molecule has 0 radical (unpaired) electrons. The van der Waals surface area contributed by atoms with Crippen LogP contribution < -0.4 is 0 Å². The molecule has 120 valence electrons. The average Bonchev–Trinajstić information content (AvgIpc) is 2.78. The third-order valence-electron chi connectivity index (χ3n) is 4.26. The van der Waals surface area contributed by atoms with E-state index in [4.69, 9.17) is 4.74 Å². The van der Waals surface area contributed by atoms with Crippen LogP contribution in [0.3, 0.4) is 0 Å². The van der Waals surface area contributed by atoms with Gasteiger partial charge in [0, 0.05) is 19.5 Å². The summed E-state index contributed by atoms with van der Waals surface area (Å²) in [6.45, 7) is 3.28. The van der Waals surface area contributed by atoms with Gasteiger partial charge in [0.25, 0.3) is 0 Å². The lowest BCUT2D eigenvalue weighted by atomic mass is 9.96. The maximum absolute atomic E-state index is 12.2. The van der Waals surface area contributed by atoms with Crippen molar-refractivity contribution in [3.05, 3.63) is 0 Å². The number of hydrogen-bond acceptors (Lipinski definition) is 5. The van der Waals surface area contributed by atoms with Crippen LogP contribution in [0, 0.1) is 11.8 Å². The molecule has 0 aromatic carbocycles. The van der Waals surface area contributed by atoms with Crippen LogP contribution in [0.25, 0.3) is 0 Å². The minimum atomic E-state index is -2.93. The second-order valence-electron chi connectivity index (χ2n) is 5.88. The van der Waals surface area contributed by atoms with E-state index in [1.54, 1.807) is 11.8 Å². The monoisotopic (exact) mass is 317 g/mol. The normalized spacial score (nSPS) is 25.8. The first-order valence-electron chi connectivity index (χ1n) is 7.56. The maximum atomic E-state index is 12.2. The van der Waals surface area contributed by atoms with Crippen LogP contribution in [0.15, 0.2) is 0 Å². The Morgan fingerprint density at radius 1 is 1.19 bits per heavy atom. The number of amides is 1. The largest absolute Gasteiger partial charge is 0.466 e. The Hall–Kier alpha value is -1.11. The molecule has 2 aliphatic rings. The Morgan fingerprint density at radius 3 is 2.38 bits per heavy atom. The van der Waals surface area contributed by atoms with Crippen LogP contribution in [0.4, 0.5) is 0 Å². The fourth-order valence-electron chi connectivity index (χ4n) is 3.03. The van der Waals surface area contributed by atoms with E-state index in [1.165, 1.54) is 0 Å². The third kappa shape index (κ3) is 4.43. The van der Waals surface area contributed by atoms with Crippen molar-refractivity contribution >= 4 is 21.7 Å². The molecule has 1 amide bonds. The maximum Gasteiger partial charge on any atom is 0.309 e. The molecule has 2 heterocycles. The van der Waals surface area contributed by atoms with Gasteiger partial charge in [-0.1, -0.05) is 0 Å². The zero-order valence-electron chi connectivity index (χ0n) is 12.4. The van der Waals surface area contributed by atoms with E-state index in [0.29, 0.717) is 45.4 Å². The van der Waals surface area contributed by atoms with Crippen LogP contribution in [0.1, 0.15) is 32.6 Å². The lowest BCUT2D eigenvalue weighted by Gasteiger charge is -2.31. The van der Waals surface area contributed by atoms with Gasteiger partial charge >= 0.3 is 5.97 Å². The van der Waals surface area contributed by atoms with Crippen LogP contribution in [-0.2, 0) is 24.2 Å². The zero-order valence-corrected chi connectivity index (χ0v) is 13.2. The Bertz CT molecular complexity index is 493. The minimum absolute atomic E-state index is 0.0133. The van der Waals surface area contributed by atoms with Crippen LogP contribution >= 0.6 is 0 Å². The first-order chi connectivity index (χ1) is 9.91. The van der Waals surface area contributed by atoms with Crippen molar-refractivity contribution < 1.29 is 22.7 Å². The Morgan fingerprint density at radius 2 is 1.86 bits per heavy atom. The topological polar surface area (TPSA) is 80.8 Å². The molecule has 0 aromatic rings. The first-order valence-corrected chi connectivity index (χ1v) is 9.38. The van der Waals surface area contributed by atoms with E-state index in [2.05, 4.69) is 0 Å². The molecule has 0 N–H and O–H groups in total. The van der Waals surface area contributed by atoms with Crippen molar-refractivity contribution in [2.45, 2.75) is 32.6 Å². The van der Waals surface area contributed by atoms with Crippen LogP contribution in [-0.4, -0.2) is 56.4 Å². The number of rotatable bonds is 4. The lowest BCUT2D eigenvalue weighted by molar-refractivity contribution is -0.151. The number of carbonyl (C=O) groups is 2. The highest BCUT2D eigenvalue weighted by Gasteiger charge is 2.33. The van der Waals surface area contributed by atoms with Crippen molar-refractivity contribution in [3.63, 3.8) is 0 Å². The van der Waals surface area contributed by atoms with E-state index in [9.17, 15) is 18.0 Å². The number of ether oxygens (including phenoxy) is 1. The van der Waals surface area contributed by atoms with Crippen molar-refractivity contribution in [3.8, 4) is 0 Å². The number of carbonyl (C=O) groups excluding carboxylic acids is 2. The molecule has 21 heavy (non-hydrogen) atoms. The summed E-state index contributed by atoms with van der Waals surface area (Å²) in [5, 5.41) is 0. The molecular weight excluding hydrogens is 294 g/mol. The predicted molar refractivity (Wildman–Crippen MR) is 77.3 cm³/mol. The zero-order chi connectivity index (χ0) is 15.5. The van der Waals surface area contributed by atoms with Gasteiger partial charge in [-0.25, -0.2) is 8.42 Å². The number of hydrogen-bond donors (Lipinski definition) is 0. The molecule has 2 fully saturated rings. The number of likely N-dealkylation sites (tertiary alicyclic amines) is 1. The molecule has 0 spiro atoms. The van der Waals surface area contributed by atoms with Gasteiger partial charge < -0.3 is 9.64 Å². The molecule has 7 heteroatoms. The van der Waals surface area contributed by atoms with Gasteiger partial charge in [-0.15, -0.1) is 0 Å². The SMILES string of the molecule is CCOC(=O)C1CCN(C(=O)CC2CCS(=O)(=O)C2)CC1. The third-order valence-corrected chi connectivity index (χ3v) is 6.09. The summed E-state index contributed by atoms with van der Waals surface area (Å²) in [4.78, 5) is 25.6. The standard InChI is InChI=1S/C14H23NO5S/c1-2-20-14(17)12-3-6-15(7-4-12)13(16)9-11-5-8-21(18,19)10-11/h11-12H,2-10H2,1H3. The van der Waals surface area contributed by atoms with Gasteiger partial charge in [-0.2, -0.15) is 0 Å². The van der Waals surface area contributed by atoms with Gasteiger partial charge in [0.2, 0.25) is 5.91 Å². The molecule has 0 saturated carbocycles. The first kappa shape index (κ1) is 16.3. The van der Waals surface area contributed by atoms with Crippen molar-refractivity contribution in [2.75, 3.05) is 31.2 Å². The summed E-state index contributed by atoms with van der Waals surface area (Å²) in [6, 6.07) is 0. The molecule has 6 nitrogen and oxygen atoms in total. The van der Waals surface area contributed by atoms with Gasteiger partial charge in [0.05, 0.1) is 24.0 Å². The average molecular weight is 317 g/mol. The molecule has 0 bridgehead atoms. The number of piperidine rings is 1. The molecule has 1 atom stereocenters. The van der Waals surface area contributed by atoms with E-state index >= 15 is 0 Å². The minimum Gasteiger partial charge on any atom is -0.466 e. The second-order valence-corrected chi connectivity index (χ2v) is 8.11.